The highest BCUT2D eigenvalue weighted by Gasteiger charge is 2.04. The summed E-state index contributed by atoms with van der Waals surface area (Å²) in [6, 6.07) is 13.6. The molecule has 0 aliphatic heterocycles. The van der Waals surface area contributed by atoms with Gasteiger partial charge in [0.15, 0.2) is 0 Å². The van der Waals surface area contributed by atoms with Crippen molar-refractivity contribution in [3.05, 3.63) is 66.2 Å². The summed E-state index contributed by atoms with van der Waals surface area (Å²) in [7, 11) is 0. The molecule has 2 aromatic carbocycles. The van der Waals surface area contributed by atoms with Crippen LogP contribution in [0.1, 0.15) is 15.9 Å². The Morgan fingerprint density at radius 1 is 1.14 bits per heavy atom. The Labute approximate surface area is 123 Å². The second-order valence-electron chi connectivity index (χ2n) is 4.42. The first kappa shape index (κ1) is 14.7. The minimum absolute atomic E-state index is 0.139. The first-order valence-electron chi connectivity index (χ1n) is 6.61. The third kappa shape index (κ3) is 4.38. The lowest BCUT2D eigenvalue weighted by atomic mass is 10.1. The third-order valence-corrected chi connectivity index (χ3v) is 2.90. The number of amides is 1. The van der Waals surface area contributed by atoms with Crippen molar-refractivity contribution in [3.8, 4) is 11.5 Å². The van der Waals surface area contributed by atoms with Crippen LogP contribution in [0.5, 0.6) is 11.5 Å². The summed E-state index contributed by atoms with van der Waals surface area (Å²) in [5, 5.41) is 11.9. The predicted molar refractivity (Wildman–Crippen MR) is 82.5 cm³/mol. The van der Waals surface area contributed by atoms with Gasteiger partial charge >= 0.3 is 0 Å². The van der Waals surface area contributed by atoms with Crippen LogP contribution in [-0.4, -0.2) is 24.2 Å². The first-order chi connectivity index (χ1) is 10.2. The van der Waals surface area contributed by atoms with Gasteiger partial charge in [-0.1, -0.05) is 24.8 Å². The molecule has 108 valence electrons. The molecule has 2 rings (SSSR count). The fraction of sp³-hybridized carbons (Fsp3) is 0.118. The molecule has 0 heterocycles. The molecule has 0 aliphatic rings. The fourth-order valence-electron chi connectivity index (χ4n) is 1.75. The predicted octanol–water partition coefficient (Wildman–Crippen LogP) is 2.84. The van der Waals surface area contributed by atoms with Crippen molar-refractivity contribution < 1.29 is 14.6 Å². The number of benzene rings is 2. The number of carbonyl (C=O) groups is 1. The molecule has 0 aliphatic carbocycles. The highest BCUT2D eigenvalue weighted by molar-refractivity contribution is 5.94. The average molecular weight is 283 g/mol. The summed E-state index contributed by atoms with van der Waals surface area (Å²) >= 11 is 0. The van der Waals surface area contributed by atoms with Crippen LogP contribution >= 0.6 is 0 Å². The lowest BCUT2D eigenvalue weighted by Crippen LogP contribution is -2.28. The topological polar surface area (TPSA) is 58.6 Å². The molecule has 0 radical (unpaired) electrons. The van der Waals surface area contributed by atoms with Gasteiger partial charge in [-0.15, -0.1) is 0 Å². The molecule has 0 aromatic heterocycles. The van der Waals surface area contributed by atoms with Crippen LogP contribution in [0.25, 0.3) is 6.08 Å². The van der Waals surface area contributed by atoms with Gasteiger partial charge in [0.2, 0.25) is 0 Å². The normalized spacial score (nSPS) is 9.90. The van der Waals surface area contributed by atoms with Crippen LogP contribution in [0, 0.1) is 0 Å². The van der Waals surface area contributed by atoms with E-state index >= 15 is 0 Å². The SMILES string of the molecule is C=Cc1ccc(C(=O)NCCOc2ccc(O)cc2)cc1. The largest absolute Gasteiger partial charge is 0.508 e. The maximum Gasteiger partial charge on any atom is 0.251 e. The van der Waals surface area contributed by atoms with Gasteiger partial charge in [-0.05, 0) is 42.0 Å². The maximum atomic E-state index is 11.9. The molecular weight excluding hydrogens is 266 g/mol. The van der Waals surface area contributed by atoms with E-state index in [1.807, 2.05) is 12.1 Å². The molecule has 0 fully saturated rings. The molecule has 0 spiro atoms. The van der Waals surface area contributed by atoms with Crippen LogP contribution in [0.3, 0.4) is 0 Å². The highest BCUT2D eigenvalue weighted by atomic mass is 16.5. The Morgan fingerprint density at radius 3 is 2.43 bits per heavy atom. The zero-order valence-corrected chi connectivity index (χ0v) is 11.6. The van der Waals surface area contributed by atoms with Gasteiger partial charge in [0.25, 0.3) is 5.91 Å². The number of hydrogen-bond acceptors (Lipinski definition) is 3. The van der Waals surface area contributed by atoms with E-state index in [1.54, 1.807) is 42.5 Å². The van der Waals surface area contributed by atoms with Gasteiger partial charge in [0, 0.05) is 5.56 Å². The molecule has 0 saturated heterocycles. The van der Waals surface area contributed by atoms with Crippen LogP contribution < -0.4 is 10.1 Å². The Bertz CT molecular complexity index is 603. The quantitative estimate of drug-likeness (QED) is 0.801. The van der Waals surface area contributed by atoms with E-state index in [4.69, 9.17) is 9.84 Å². The molecule has 1 amide bonds. The van der Waals surface area contributed by atoms with Crippen molar-refractivity contribution in [2.45, 2.75) is 0 Å². The summed E-state index contributed by atoms with van der Waals surface area (Å²) in [6.07, 6.45) is 1.73. The summed E-state index contributed by atoms with van der Waals surface area (Å²) < 4.78 is 5.44. The second-order valence-corrected chi connectivity index (χ2v) is 4.42. The molecule has 0 bridgehead atoms. The van der Waals surface area contributed by atoms with Gasteiger partial charge in [-0.25, -0.2) is 0 Å². The van der Waals surface area contributed by atoms with Crippen LogP contribution in [0.4, 0.5) is 0 Å². The third-order valence-electron chi connectivity index (χ3n) is 2.90. The number of aromatic hydroxyl groups is 1. The molecule has 21 heavy (non-hydrogen) atoms. The zero-order valence-electron chi connectivity index (χ0n) is 11.6. The van der Waals surface area contributed by atoms with Gasteiger partial charge < -0.3 is 15.2 Å². The van der Waals surface area contributed by atoms with Gasteiger partial charge in [0.1, 0.15) is 18.1 Å². The van der Waals surface area contributed by atoms with Crippen LogP contribution in [0.15, 0.2) is 55.1 Å². The summed E-state index contributed by atoms with van der Waals surface area (Å²) in [6.45, 7) is 4.44. The molecule has 0 saturated carbocycles. The molecule has 2 aromatic rings. The molecule has 4 heteroatoms. The smallest absolute Gasteiger partial charge is 0.251 e. The summed E-state index contributed by atoms with van der Waals surface area (Å²) in [5.74, 6) is 0.705. The number of ether oxygens (including phenoxy) is 1. The Balaban J connectivity index is 1.76. The lowest BCUT2D eigenvalue weighted by Gasteiger charge is -2.08. The van der Waals surface area contributed by atoms with Gasteiger partial charge in [-0.2, -0.15) is 0 Å². The number of hydrogen-bond donors (Lipinski definition) is 2. The zero-order chi connectivity index (χ0) is 15.1. The first-order valence-corrected chi connectivity index (χ1v) is 6.61. The average Bonchev–Trinajstić information content (AvgIpc) is 2.53. The van der Waals surface area contributed by atoms with Gasteiger partial charge in [0.05, 0.1) is 6.54 Å². The van der Waals surface area contributed by atoms with E-state index < -0.39 is 0 Å². The number of phenols is 1. The fourth-order valence-corrected chi connectivity index (χ4v) is 1.75. The second kappa shape index (κ2) is 7.14. The van der Waals surface area contributed by atoms with E-state index in [0.717, 1.165) is 5.56 Å². The number of carbonyl (C=O) groups excluding carboxylic acids is 1. The lowest BCUT2D eigenvalue weighted by molar-refractivity contribution is 0.0947. The van der Waals surface area contributed by atoms with Crippen molar-refractivity contribution in [1.29, 1.82) is 0 Å². The van der Waals surface area contributed by atoms with Crippen molar-refractivity contribution in [1.82, 2.24) is 5.32 Å². The van der Waals surface area contributed by atoms with E-state index in [2.05, 4.69) is 11.9 Å². The highest BCUT2D eigenvalue weighted by Crippen LogP contribution is 2.15. The Kier molecular flexibility index (Phi) is 4.99. The van der Waals surface area contributed by atoms with Crippen molar-refractivity contribution in [2.24, 2.45) is 0 Å². The molecular formula is C17H17NO3. The van der Waals surface area contributed by atoms with Gasteiger partial charge in [-0.3, -0.25) is 4.79 Å². The minimum atomic E-state index is -0.139. The molecule has 4 nitrogen and oxygen atoms in total. The van der Waals surface area contributed by atoms with Crippen molar-refractivity contribution in [2.75, 3.05) is 13.2 Å². The van der Waals surface area contributed by atoms with E-state index in [0.29, 0.717) is 24.5 Å². The van der Waals surface area contributed by atoms with E-state index in [-0.39, 0.29) is 11.7 Å². The molecule has 0 atom stereocenters. The van der Waals surface area contributed by atoms with E-state index in [9.17, 15) is 4.79 Å². The number of rotatable bonds is 6. The maximum absolute atomic E-state index is 11.9. The Hall–Kier alpha value is -2.75. The molecule has 0 unspecified atom stereocenters. The standard InChI is InChI=1S/C17H17NO3/c1-2-13-3-5-14(6-4-13)17(20)18-11-12-21-16-9-7-15(19)8-10-16/h2-10,19H,1,11-12H2,(H,18,20). The van der Waals surface area contributed by atoms with Crippen LogP contribution in [0.2, 0.25) is 0 Å². The minimum Gasteiger partial charge on any atom is -0.508 e. The number of nitrogens with one attached hydrogen (secondary N) is 1. The summed E-state index contributed by atoms with van der Waals surface area (Å²) in [4.78, 5) is 11.9. The number of phenolic OH excluding ortho intramolecular Hbond substituents is 1. The monoisotopic (exact) mass is 283 g/mol. The van der Waals surface area contributed by atoms with Crippen molar-refractivity contribution in [3.63, 3.8) is 0 Å². The van der Waals surface area contributed by atoms with E-state index in [1.165, 1.54) is 0 Å². The summed E-state index contributed by atoms with van der Waals surface area (Å²) in [5.41, 5.74) is 1.58. The van der Waals surface area contributed by atoms with Crippen molar-refractivity contribution >= 4 is 12.0 Å². The Morgan fingerprint density at radius 2 is 1.81 bits per heavy atom. The molecule has 2 N–H and O–H groups in total. The van der Waals surface area contributed by atoms with Crippen LogP contribution in [-0.2, 0) is 0 Å².